The van der Waals surface area contributed by atoms with E-state index in [9.17, 15) is 4.39 Å². The molecule has 5 rings (SSSR count). The van der Waals surface area contributed by atoms with Crippen molar-refractivity contribution >= 4 is 33.4 Å². The SMILES string of the molecule is Fc1cccc2c1c1ccc(Cl)cc1n2-c1ccc(-c2ccccc2)cc1. The molecule has 0 fully saturated rings. The van der Waals surface area contributed by atoms with E-state index in [-0.39, 0.29) is 5.82 Å². The minimum Gasteiger partial charge on any atom is -0.309 e. The molecule has 0 aliphatic heterocycles. The van der Waals surface area contributed by atoms with Gasteiger partial charge in [-0.3, -0.25) is 0 Å². The summed E-state index contributed by atoms with van der Waals surface area (Å²) < 4.78 is 16.6. The Morgan fingerprint density at radius 2 is 1.41 bits per heavy atom. The highest BCUT2D eigenvalue weighted by Crippen LogP contribution is 2.35. The highest BCUT2D eigenvalue weighted by Gasteiger charge is 2.15. The van der Waals surface area contributed by atoms with Gasteiger partial charge in [-0.25, -0.2) is 4.39 Å². The molecule has 5 aromatic rings. The van der Waals surface area contributed by atoms with Crippen LogP contribution < -0.4 is 0 Å². The minimum atomic E-state index is -0.223. The number of halogens is 2. The number of hydrogen-bond donors (Lipinski definition) is 0. The van der Waals surface area contributed by atoms with Crippen molar-refractivity contribution in [2.75, 3.05) is 0 Å². The van der Waals surface area contributed by atoms with Crippen LogP contribution in [0.15, 0.2) is 91.0 Å². The Morgan fingerprint density at radius 1 is 0.667 bits per heavy atom. The highest BCUT2D eigenvalue weighted by molar-refractivity contribution is 6.31. The Bertz CT molecular complexity index is 1270. The molecule has 0 saturated carbocycles. The zero-order valence-corrected chi connectivity index (χ0v) is 15.1. The lowest BCUT2D eigenvalue weighted by molar-refractivity contribution is 0.640. The minimum absolute atomic E-state index is 0.223. The maximum Gasteiger partial charge on any atom is 0.133 e. The van der Waals surface area contributed by atoms with E-state index >= 15 is 0 Å². The van der Waals surface area contributed by atoms with Crippen molar-refractivity contribution in [2.45, 2.75) is 0 Å². The summed E-state index contributed by atoms with van der Waals surface area (Å²) in [6.45, 7) is 0. The molecule has 0 unspecified atom stereocenters. The summed E-state index contributed by atoms with van der Waals surface area (Å²) in [5.41, 5.74) is 5.02. The molecule has 0 radical (unpaired) electrons. The molecule has 0 aliphatic carbocycles. The molecule has 0 amide bonds. The van der Waals surface area contributed by atoms with E-state index in [4.69, 9.17) is 11.6 Å². The monoisotopic (exact) mass is 371 g/mol. The maximum atomic E-state index is 14.6. The van der Waals surface area contributed by atoms with Gasteiger partial charge in [-0.2, -0.15) is 0 Å². The van der Waals surface area contributed by atoms with Crippen molar-refractivity contribution in [3.05, 3.63) is 102 Å². The average Bonchev–Trinajstić information content (AvgIpc) is 3.03. The fourth-order valence-corrected chi connectivity index (χ4v) is 3.87. The molecule has 3 heteroatoms. The first-order valence-electron chi connectivity index (χ1n) is 8.76. The number of aromatic nitrogens is 1. The average molecular weight is 372 g/mol. The van der Waals surface area contributed by atoms with Gasteiger partial charge in [-0.15, -0.1) is 0 Å². The molecule has 1 nitrogen and oxygen atoms in total. The first-order chi connectivity index (χ1) is 13.2. The van der Waals surface area contributed by atoms with Crippen LogP contribution in [0.3, 0.4) is 0 Å². The summed E-state index contributed by atoms with van der Waals surface area (Å²) in [5, 5.41) is 2.11. The second-order valence-electron chi connectivity index (χ2n) is 6.54. The normalized spacial score (nSPS) is 11.3. The Labute approximate surface area is 161 Å². The third-order valence-corrected chi connectivity index (χ3v) is 5.17. The van der Waals surface area contributed by atoms with Crippen LogP contribution in [0.4, 0.5) is 4.39 Å². The summed E-state index contributed by atoms with van der Waals surface area (Å²) in [4.78, 5) is 0. The van der Waals surface area contributed by atoms with Crippen molar-refractivity contribution in [2.24, 2.45) is 0 Å². The van der Waals surface area contributed by atoms with Gasteiger partial charge in [0.2, 0.25) is 0 Å². The van der Waals surface area contributed by atoms with E-state index in [1.807, 2.05) is 36.4 Å². The van der Waals surface area contributed by atoms with Gasteiger partial charge in [0.15, 0.2) is 0 Å². The Balaban J connectivity index is 1.77. The Morgan fingerprint density at radius 3 is 2.19 bits per heavy atom. The van der Waals surface area contributed by atoms with Gasteiger partial charge in [-0.05, 0) is 47.5 Å². The smallest absolute Gasteiger partial charge is 0.133 e. The van der Waals surface area contributed by atoms with Crippen LogP contribution in [0.25, 0.3) is 38.6 Å². The number of fused-ring (bicyclic) bond motifs is 3. The van der Waals surface area contributed by atoms with E-state index < -0.39 is 0 Å². The molecule has 0 aliphatic rings. The van der Waals surface area contributed by atoms with Crippen LogP contribution in [0, 0.1) is 5.82 Å². The van der Waals surface area contributed by atoms with Crippen LogP contribution in [0.2, 0.25) is 5.02 Å². The zero-order valence-electron chi connectivity index (χ0n) is 14.4. The summed E-state index contributed by atoms with van der Waals surface area (Å²) in [6, 6.07) is 29.3. The van der Waals surface area contributed by atoms with Gasteiger partial charge in [0.1, 0.15) is 5.82 Å². The molecule has 27 heavy (non-hydrogen) atoms. The summed E-state index contributed by atoms with van der Waals surface area (Å²) in [6.07, 6.45) is 0. The number of rotatable bonds is 2. The molecule has 130 valence electrons. The summed E-state index contributed by atoms with van der Waals surface area (Å²) >= 11 is 6.24. The van der Waals surface area contributed by atoms with E-state index in [1.165, 1.54) is 11.6 Å². The van der Waals surface area contributed by atoms with Gasteiger partial charge in [0, 0.05) is 21.5 Å². The van der Waals surface area contributed by atoms with Gasteiger partial charge in [-0.1, -0.05) is 66.2 Å². The highest BCUT2D eigenvalue weighted by atomic mass is 35.5. The fraction of sp³-hybridized carbons (Fsp3) is 0. The molecule has 1 aromatic heterocycles. The van der Waals surface area contributed by atoms with Crippen molar-refractivity contribution in [3.8, 4) is 16.8 Å². The molecule has 0 spiro atoms. The molecule has 0 saturated heterocycles. The van der Waals surface area contributed by atoms with E-state index in [0.717, 1.165) is 27.7 Å². The second kappa shape index (κ2) is 6.26. The van der Waals surface area contributed by atoms with Crippen LogP contribution >= 0.6 is 11.6 Å². The van der Waals surface area contributed by atoms with Gasteiger partial charge in [0.05, 0.1) is 11.0 Å². The number of benzene rings is 4. The van der Waals surface area contributed by atoms with Crippen molar-refractivity contribution in [3.63, 3.8) is 0 Å². The van der Waals surface area contributed by atoms with Crippen LogP contribution in [-0.2, 0) is 0 Å². The molecule has 1 heterocycles. The summed E-state index contributed by atoms with van der Waals surface area (Å²) in [5.74, 6) is -0.223. The topological polar surface area (TPSA) is 4.93 Å². The first kappa shape index (κ1) is 16.1. The maximum absolute atomic E-state index is 14.6. The lowest BCUT2D eigenvalue weighted by atomic mass is 10.1. The van der Waals surface area contributed by atoms with E-state index in [2.05, 4.69) is 41.0 Å². The third kappa shape index (κ3) is 2.61. The Hall–Kier alpha value is -3.10. The number of hydrogen-bond acceptors (Lipinski definition) is 0. The van der Waals surface area contributed by atoms with Crippen LogP contribution in [0.5, 0.6) is 0 Å². The van der Waals surface area contributed by atoms with Gasteiger partial charge < -0.3 is 4.57 Å². The summed E-state index contributed by atoms with van der Waals surface area (Å²) in [7, 11) is 0. The molecular weight excluding hydrogens is 357 g/mol. The predicted molar refractivity (Wildman–Crippen MR) is 111 cm³/mol. The molecular formula is C24H15ClFN. The van der Waals surface area contributed by atoms with Crippen LogP contribution in [-0.4, -0.2) is 4.57 Å². The quantitative estimate of drug-likeness (QED) is 0.308. The third-order valence-electron chi connectivity index (χ3n) is 4.94. The Kier molecular flexibility index (Phi) is 3.73. The molecule has 0 bridgehead atoms. The predicted octanol–water partition coefficient (Wildman–Crippen LogP) is 7.24. The first-order valence-corrected chi connectivity index (χ1v) is 9.14. The lowest BCUT2D eigenvalue weighted by Gasteiger charge is -2.09. The second-order valence-corrected chi connectivity index (χ2v) is 6.98. The van der Waals surface area contributed by atoms with Crippen molar-refractivity contribution < 1.29 is 4.39 Å². The van der Waals surface area contributed by atoms with Crippen molar-refractivity contribution in [1.29, 1.82) is 0 Å². The fourth-order valence-electron chi connectivity index (χ4n) is 3.71. The molecule has 0 N–H and O–H groups in total. The van der Waals surface area contributed by atoms with E-state index in [0.29, 0.717) is 10.4 Å². The standard InChI is InChI=1S/C24H15ClFN/c25-18-11-14-20-23(15-18)27(22-8-4-7-21(26)24(20)22)19-12-9-17(10-13-19)16-5-2-1-3-6-16/h1-15H. The van der Waals surface area contributed by atoms with Crippen LogP contribution in [0.1, 0.15) is 0 Å². The zero-order chi connectivity index (χ0) is 18.4. The van der Waals surface area contributed by atoms with Gasteiger partial charge in [0.25, 0.3) is 0 Å². The largest absolute Gasteiger partial charge is 0.309 e. The molecule has 0 atom stereocenters. The van der Waals surface area contributed by atoms with Gasteiger partial charge >= 0.3 is 0 Å². The lowest BCUT2D eigenvalue weighted by Crippen LogP contribution is -1.94. The number of nitrogens with zero attached hydrogens (tertiary/aromatic N) is 1. The molecule has 4 aromatic carbocycles. The van der Waals surface area contributed by atoms with Crippen molar-refractivity contribution in [1.82, 2.24) is 4.57 Å². The van der Waals surface area contributed by atoms with E-state index in [1.54, 1.807) is 12.1 Å².